The summed E-state index contributed by atoms with van der Waals surface area (Å²) >= 11 is 0. The number of hydrogen-bond donors (Lipinski definition) is 5. The molecule has 49 heavy (non-hydrogen) atoms. The zero-order chi connectivity index (χ0) is 36.6. The average molecular weight is 765 g/mol. The fourth-order valence-electron chi connectivity index (χ4n) is 6.62. The Bertz CT molecular complexity index is 1240. The molecular formula is C31H59O15P3. The van der Waals surface area contributed by atoms with Crippen molar-refractivity contribution in [2.24, 2.45) is 23.7 Å². The first kappa shape index (κ1) is 42.0. The number of hydrogen-bond acceptors (Lipinski definition) is 15. The normalized spacial score (nSPS) is 46.5. The highest BCUT2D eigenvalue weighted by Gasteiger charge is 2.47. The summed E-state index contributed by atoms with van der Waals surface area (Å²) in [7, 11) is -11.0. The molecule has 5 N–H and O–H groups in total. The Labute approximate surface area is 291 Å². The Morgan fingerprint density at radius 2 is 0.776 bits per heavy atom. The minimum absolute atomic E-state index is 0.0823. The number of aliphatic hydroxyl groups is 2. The van der Waals surface area contributed by atoms with E-state index in [1.54, 1.807) is 0 Å². The van der Waals surface area contributed by atoms with Crippen LogP contribution < -0.4 is 0 Å². The van der Waals surface area contributed by atoms with E-state index >= 15 is 0 Å². The third kappa shape index (κ3) is 10.5. The maximum Gasteiger partial charge on any atom is 0.248 e. The van der Waals surface area contributed by atoms with Crippen LogP contribution in [0.25, 0.3) is 0 Å². The molecule has 288 valence electrons. The Balaban J connectivity index is 1.32. The summed E-state index contributed by atoms with van der Waals surface area (Å²) in [6, 6.07) is 0. The summed E-state index contributed by atoms with van der Waals surface area (Å²) < 4.78 is 58.7. The molecule has 4 fully saturated rings. The molecule has 18 heteroatoms. The van der Waals surface area contributed by atoms with Gasteiger partial charge in [0.1, 0.15) is 24.4 Å². The standard InChI is InChI=1S/C31H59O15P3/c1-16-20(5)41-25(28(16)33)13-37-47(9,34)45-30-18(3)22(7)43-27(30)15-39-49(11,36)46-31-19(4)23(8)42-26(31)14-38-48(10,35)44-29-17(2)21(6)40-24(29)12-32/h16-36H,9-15H2,1-8H3/t16-,17-,18-,19-,20+,21+,22+,23+,24-,25-,26-,27-,28?,29?,30?,31?,47?,48?,49?/m1/s1. The second kappa shape index (κ2) is 16.8. The molecule has 0 bridgehead atoms. The average Bonchev–Trinajstić information content (AvgIpc) is 3.64. The van der Waals surface area contributed by atoms with Crippen molar-refractivity contribution < 1.29 is 71.0 Å². The smallest absolute Gasteiger partial charge is 0.248 e. The maximum absolute atomic E-state index is 11.2. The van der Waals surface area contributed by atoms with Gasteiger partial charge in [-0.1, -0.05) is 27.7 Å². The van der Waals surface area contributed by atoms with E-state index in [1.165, 1.54) is 0 Å². The van der Waals surface area contributed by atoms with Crippen molar-refractivity contribution >= 4 is 41.6 Å². The van der Waals surface area contributed by atoms with Gasteiger partial charge in [0.15, 0.2) is 0 Å². The summed E-state index contributed by atoms with van der Waals surface area (Å²) in [5, 5.41) is 20.1. The zero-order valence-electron chi connectivity index (χ0n) is 29.8. The number of ether oxygens (including phenoxy) is 4. The second-order valence-corrected chi connectivity index (χ2v) is 19.4. The maximum atomic E-state index is 11.2. The summed E-state index contributed by atoms with van der Waals surface area (Å²) in [4.78, 5) is 33.2. The molecule has 15 nitrogen and oxygen atoms in total. The van der Waals surface area contributed by atoms with Crippen molar-refractivity contribution in [2.45, 2.75) is 129 Å². The highest BCUT2D eigenvalue weighted by Crippen LogP contribution is 2.53. The topological polar surface area (TPSA) is 193 Å². The predicted molar refractivity (Wildman–Crippen MR) is 188 cm³/mol. The fraction of sp³-hybridized carbons (Fsp3) is 0.903. The van der Waals surface area contributed by atoms with Gasteiger partial charge < -0.3 is 71.0 Å². The molecule has 4 saturated heterocycles. The van der Waals surface area contributed by atoms with E-state index in [9.17, 15) is 24.9 Å². The number of rotatable bonds is 16. The Morgan fingerprint density at radius 1 is 0.490 bits per heavy atom. The van der Waals surface area contributed by atoms with Crippen LogP contribution in [0, 0.1) is 23.7 Å². The van der Waals surface area contributed by atoms with Gasteiger partial charge in [-0.25, -0.2) is 0 Å². The van der Waals surface area contributed by atoms with E-state index in [4.69, 9.17) is 46.1 Å². The van der Waals surface area contributed by atoms with E-state index in [0.717, 1.165) is 0 Å². The minimum Gasteiger partial charge on any atom is -0.394 e. The van der Waals surface area contributed by atoms with Gasteiger partial charge in [-0.15, -0.1) is 0 Å². The van der Waals surface area contributed by atoms with Crippen LogP contribution in [0.1, 0.15) is 55.4 Å². The lowest BCUT2D eigenvalue weighted by Crippen LogP contribution is -2.34. The van der Waals surface area contributed by atoms with Crippen molar-refractivity contribution in [1.29, 1.82) is 0 Å². The molecule has 4 rings (SSSR count). The van der Waals surface area contributed by atoms with Gasteiger partial charge in [-0.3, -0.25) is 0 Å². The monoisotopic (exact) mass is 764 g/mol. The van der Waals surface area contributed by atoms with Crippen LogP contribution >= 0.6 is 22.7 Å². The SMILES string of the molecule is C=P(O)(OC[C@H]1O[C@@H](C)[C@@H](C)C1OP(=C)(O)OC[C@H]1O[C@@H](C)[C@@H](C)C1OP(=C)(O)OC[C@H]1O[C@@H](C)[C@@H](C)C1O)OC1[C@@H](CO)O[C@@H](C)[C@H]1C. The highest BCUT2D eigenvalue weighted by atomic mass is 31.2. The molecule has 0 radical (unpaired) electrons. The van der Waals surface area contributed by atoms with E-state index in [2.05, 4.69) is 18.9 Å². The van der Waals surface area contributed by atoms with Gasteiger partial charge in [-0.2, -0.15) is 0 Å². The van der Waals surface area contributed by atoms with Crippen molar-refractivity contribution in [3.8, 4) is 0 Å². The van der Waals surface area contributed by atoms with E-state index in [0.29, 0.717) is 0 Å². The fourth-order valence-corrected chi connectivity index (χ4v) is 10.1. The number of aliphatic hydroxyl groups excluding tert-OH is 2. The van der Waals surface area contributed by atoms with Crippen molar-refractivity contribution in [2.75, 3.05) is 26.4 Å². The van der Waals surface area contributed by atoms with Gasteiger partial charge in [-0.05, 0) is 46.6 Å². The first-order chi connectivity index (χ1) is 22.6. The van der Waals surface area contributed by atoms with Crippen molar-refractivity contribution in [3.05, 3.63) is 0 Å². The van der Waals surface area contributed by atoms with Crippen LogP contribution in [0.5, 0.6) is 0 Å². The summed E-state index contributed by atoms with van der Waals surface area (Å²) in [5.41, 5.74) is 0. The molecule has 4 heterocycles. The lowest BCUT2D eigenvalue weighted by molar-refractivity contribution is -0.0347. The van der Waals surface area contributed by atoms with Crippen LogP contribution in [-0.2, 0) is 46.1 Å². The van der Waals surface area contributed by atoms with Crippen LogP contribution in [0.3, 0.4) is 0 Å². The van der Waals surface area contributed by atoms with Crippen molar-refractivity contribution in [3.63, 3.8) is 0 Å². The molecular weight excluding hydrogens is 705 g/mol. The van der Waals surface area contributed by atoms with E-state index in [1.807, 2.05) is 55.4 Å². The van der Waals surface area contributed by atoms with Crippen LogP contribution in [0.15, 0.2) is 0 Å². The Hall–Kier alpha value is 0.300. The summed E-state index contributed by atoms with van der Waals surface area (Å²) in [5.74, 6) is -0.592. The quantitative estimate of drug-likeness (QED) is 0.144. The molecule has 0 aliphatic carbocycles. The second-order valence-electron chi connectivity index (χ2n) is 14.1. The molecule has 19 atom stereocenters. The third-order valence-electron chi connectivity index (χ3n) is 10.5. The third-order valence-corrected chi connectivity index (χ3v) is 13.8. The molecule has 0 aromatic rings. The van der Waals surface area contributed by atoms with E-state index in [-0.39, 0.29) is 74.5 Å². The van der Waals surface area contributed by atoms with Crippen molar-refractivity contribution in [1.82, 2.24) is 0 Å². The molecule has 4 aliphatic rings. The van der Waals surface area contributed by atoms with Gasteiger partial charge in [0.05, 0.1) is 75.3 Å². The lowest BCUT2D eigenvalue weighted by atomic mass is 10.00. The van der Waals surface area contributed by atoms with Crippen LogP contribution in [0.2, 0.25) is 0 Å². The molecule has 0 aromatic heterocycles. The molecule has 7 unspecified atom stereocenters. The first-order valence-electron chi connectivity index (χ1n) is 16.9. The van der Waals surface area contributed by atoms with Gasteiger partial charge in [0.25, 0.3) is 0 Å². The molecule has 0 aromatic carbocycles. The van der Waals surface area contributed by atoms with Crippen LogP contribution in [0.4, 0.5) is 0 Å². The summed E-state index contributed by atoms with van der Waals surface area (Å²) in [6.07, 6.45) is 5.00. The predicted octanol–water partition coefficient (Wildman–Crippen LogP) is 2.80. The van der Waals surface area contributed by atoms with Gasteiger partial charge in [0.2, 0.25) is 22.7 Å². The molecule has 0 saturated carbocycles. The highest BCUT2D eigenvalue weighted by molar-refractivity contribution is 7.59. The zero-order valence-corrected chi connectivity index (χ0v) is 32.5. The molecule has 4 aliphatic heterocycles. The summed E-state index contributed by atoms with van der Waals surface area (Å²) in [6.45, 7) is 14.3. The van der Waals surface area contributed by atoms with Gasteiger partial charge >= 0.3 is 0 Å². The Morgan fingerprint density at radius 3 is 1.10 bits per heavy atom. The van der Waals surface area contributed by atoms with Gasteiger partial charge in [0, 0.05) is 23.7 Å². The van der Waals surface area contributed by atoms with E-state index < -0.39 is 71.5 Å². The largest absolute Gasteiger partial charge is 0.394 e. The van der Waals surface area contributed by atoms with Crippen LogP contribution in [-0.4, -0.2) is 143 Å². The Kier molecular flexibility index (Phi) is 14.4. The first-order valence-corrected chi connectivity index (χ1v) is 22.2. The lowest BCUT2D eigenvalue weighted by Gasteiger charge is -2.31. The molecule has 0 amide bonds. The minimum atomic E-state index is -3.73. The molecule has 0 spiro atoms.